The topological polar surface area (TPSA) is 62.3 Å². The van der Waals surface area contributed by atoms with E-state index in [9.17, 15) is 0 Å². The second-order valence-corrected chi connectivity index (χ2v) is 5.46. The number of nitrogen functional groups attached to an aromatic ring is 1. The van der Waals surface area contributed by atoms with Crippen LogP contribution in [0.2, 0.25) is 0 Å². The number of nitrogens with one attached hydrogen (secondary N) is 1. The summed E-state index contributed by atoms with van der Waals surface area (Å²) in [5.74, 6) is 0.108. The quantitative estimate of drug-likeness (QED) is 0.458. The van der Waals surface area contributed by atoms with Gasteiger partial charge in [0.25, 0.3) is 0 Å². The maximum atomic E-state index is 7.77. The second kappa shape index (κ2) is 7.40. The van der Waals surface area contributed by atoms with Crippen LogP contribution >= 0.6 is 11.8 Å². The summed E-state index contributed by atoms with van der Waals surface area (Å²) in [5.41, 5.74) is 7.50. The van der Waals surface area contributed by atoms with Crippen LogP contribution in [0.4, 0.5) is 5.69 Å². The minimum Gasteiger partial charge on any atom is -0.384 e. The molecular weight excluding hydrogens is 258 g/mol. The Morgan fingerprint density at radius 1 is 1.47 bits per heavy atom. The Hall–Kier alpha value is -1.20. The fourth-order valence-corrected chi connectivity index (χ4v) is 2.46. The summed E-state index contributed by atoms with van der Waals surface area (Å²) in [6.45, 7) is 5.48. The van der Waals surface area contributed by atoms with Crippen LogP contribution in [-0.2, 0) is 4.74 Å². The van der Waals surface area contributed by atoms with Crippen molar-refractivity contribution in [2.24, 2.45) is 5.73 Å². The smallest absolute Gasteiger partial charge is 0.126 e. The molecule has 0 fully saturated rings. The third-order valence-corrected chi connectivity index (χ3v) is 3.56. The number of benzene rings is 1. The molecule has 0 saturated carbocycles. The van der Waals surface area contributed by atoms with E-state index in [4.69, 9.17) is 15.9 Å². The van der Waals surface area contributed by atoms with Crippen LogP contribution in [0.15, 0.2) is 23.1 Å². The molecule has 0 unspecified atom stereocenters. The zero-order valence-electron chi connectivity index (χ0n) is 12.1. The van der Waals surface area contributed by atoms with Gasteiger partial charge in [-0.15, -0.1) is 11.8 Å². The molecule has 0 aromatic heterocycles. The minimum absolute atomic E-state index is 0.108. The molecule has 0 aliphatic carbocycles. The Labute approximate surface area is 119 Å². The predicted octanol–water partition coefficient (Wildman–Crippen LogP) is 2.55. The van der Waals surface area contributed by atoms with Gasteiger partial charge >= 0.3 is 0 Å². The van der Waals surface area contributed by atoms with Crippen molar-refractivity contribution in [2.75, 3.05) is 31.4 Å². The van der Waals surface area contributed by atoms with Crippen molar-refractivity contribution in [3.05, 3.63) is 23.8 Å². The van der Waals surface area contributed by atoms with Gasteiger partial charge in [-0.3, -0.25) is 5.41 Å². The van der Waals surface area contributed by atoms with E-state index in [0.717, 1.165) is 22.7 Å². The average molecular weight is 281 g/mol. The molecule has 0 aliphatic rings. The number of ether oxygens (including phenoxy) is 1. The van der Waals surface area contributed by atoms with Gasteiger partial charge in [0.2, 0.25) is 0 Å². The lowest BCUT2D eigenvalue weighted by Crippen LogP contribution is -2.27. The van der Waals surface area contributed by atoms with Gasteiger partial charge in [0.1, 0.15) is 5.84 Å². The number of nitrogens with zero attached hydrogens (tertiary/aromatic N) is 1. The van der Waals surface area contributed by atoms with Crippen LogP contribution in [-0.4, -0.2) is 38.4 Å². The highest BCUT2D eigenvalue weighted by Gasteiger charge is 2.13. The Kier molecular flexibility index (Phi) is 6.18. The molecule has 0 radical (unpaired) electrons. The monoisotopic (exact) mass is 281 g/mol. The van der Waals surface area contributed by atoms with Crippen LogP contribution in [0.25, 0.3) is 0 Å². The van der Waals surface area contributed by atoms with E-state index in [1.807, 2.05) is 45.4 Å². The molecule has 0 atom stereocenters. The fraction of sp³-hybridized carbons (Fsp3) is 0.500. The van der Waals surface area contributed by atoms with Crippen molar-refractivity contribution in [3.8, 4) is 0 Å². The molecule has 0 saturated heterocycles. The van der Waals surface area contributed by atoms with Gasteiger partial charge in [-0.2, -0.15) is 0 Å². The molecule has 0 aliphatic heterocycles. The molecule has 19 heavy (non-hydrogen) atoms. The average Bonchev–Trinajstić information content (AvgIpc) is 2.36. The number of nitrogens with two attached hydrogens (primary N) is 1. The van der Waals surface area contributed by atoms with Gasteiger partial charge in [-0.1, -0.05) is 6.07 Å². The normalized spacial score (nSPS) is 10.8. The Bertz CT molecular complexity index is 435. The summed E-state index contributed by atoms with van der Waals surface area (Å²) in [5, 5.41) is 7.77. The summed E-state index contributed by atoms with van der Waals surface area (Å²) in [4.78, 5) is 3.11. The van der Waals surface area contributed by atoms with Crippen molar-refractivity contribution in [2.45, 2.75) is 24.8 Å². The van der Waals surface area contributed by atoms with Crippen molar-refractivity contribution in [3.63, 3.8) is 0 Å². The molecule has 1 aromatic carbocycles. The number of likely N-dealkylation sites (N-methyl/N-ethyl adjacent to an activating group) is 1. The standard InChI is InChI=1S/C14H23N3OS/c1-10(2)18-9-8-17(3)11-6-5-7-12(19-4)13(11)14(15)16/h5-7,10H,8-9H2,1-4H3,(H3,15,16). The number of anilines is 1. The summed E-state index contributed by atoms with van der Waals surface area (Å²) in [6.07, 6.45) is 2.23. The van der Waals surface area contributed by atoms with E-state index >= 15 is 0 Å². The van der Waals surface area contributed by atoms with Crippen LogP contribution in [0, 0.1) is 5.41 Å². The number of hydrogen-bond donors (Lipinski definition) is 2. The van der Waals surface area contributed by atoms with Crippen molar-refractivity contribution in [1.82, 2.24) is 0 Å². The highest BCUT2D eigenvalue weighted by molar-refractivity contribution is 7.98. The van der Waals surface area contributed by atoms with Crippen LogP contribution in [0.5, 0.6) is 0 Å². The van der Waals surface area contributed by atoms with Gasteiger partial charge < -0.3 is 15.4 Å². The Morgan fingerprint density at radius 2 is 2.16 bits per heavy atom. The van der Waals surface area contributed by atoms with E-state index in [0.29, 0.717) is 6.61 Å². The molecule has 0 heterocycles. The summed E-state index contributed by atoms with van der Waals surface area (Å²) >= 11 is 1.61. The first-order valence-corrected chi connectivity index (χ1v) is 7.54. The van der Waals surface area contributed by atoms with Crippen LogP contribution < -0.4 is 10.6 Å². The summed E-state index contributed by atoms with van der Waals surface area (Å²) < 4.78 is 5.56. The summed E-state index contributed by atoms with van der Waals surface area (Å²) in [6, 6.07) is 5.97. The number of hydrogen-bond acceptors (Lipinski definition) is 4. The minimum atomic E-state index is 0.108. The molecule has 0 spiro atoms. The molecule has 1 aromatic rings. The molecule has 106 valence electrons. The third-order valence-electron chi connectivity index (χ3n) is 2.78. The summed E-state index contributed by atoms with van der Waals surface area (Å²) in [7, 11) is 2.00. The lowest BCUT2D eigenvalue weighted by Gasteiger charge is -2.24. The highest BCUT2D eigenvalue weighted by Crippen LogP contribution is 2.28. The molecule has 0 bridgehead atoms. The molecular formula is C14H23N3OS. The van der Waals surface area contributed by atoms with Crippen molar-refractivity contribution in [1.29, 1.82) is 5.41 Å². The fourth-order valence-electron chi connectivity index (χ4n) is 1.82. The largest absolute Gasteiger partial charge is 0.384 e. The number of rotatable bonds is 7. The zero-order valence-corrected chi connectivity index (χ0v) is 12.9. The van der Waals surface area contributed by atoms with Crippen LogP contribution in [0.1, 0.15) is 19.4 Å². The maximum Gasteiger partial charge on any atom is 0.126 e. The Morgan fingerprint density at radius 3 is 2.68 bits per heavy atom. The van der Waals surface area contributed by atoms with E-state index in [-0.39, 0.29) is 11.9 Å². The van der Waals surface area contributed by atoms with E-state index in [1.165, 1.54) is 0 Å². The number of amidine groups is 1. The molecule has 5 heteroatoms. The highest BCUT2D eigenvalue weighted by atomic mass is 32.2. The second-order valence-electron chi connectivity index (χ2n) is 4.61. The van der Waals surface area contributed by atoms with Gasteiger partial charge in [0.15, 0.2) is 0 Å². The van der Waals surface area contributed by atoms with E-state index < -0.39 is 0 Å². The zero-order chi connectivity index (χ0) is 14.4. The van der Waals surface area contributed by atoms with Gasteiger partial charge in [0.05, 0.1) is 18.3 Å². The lowest BCUT2D eigenvalue weighted by molar-refractivity contribution is 0.0846. The first kappa shape index (κ1) is 15.9. The molecule has 1 rings (SSSR count). The van der Waals surface area contributed by atoms with Gasteiger partial charge in [0, 0.05) is 24.2 Å². The maximum absolute atomic E-state index is 7.77. The SMILES string of the molecule is CSc1cccc(N(C)CCOC(C)C)c1C(=N)N. The number of thioether (sulfide) groups is 1. The first-order chi connectivity index (χ1) is 8.97. The van der Waals surface area contributed by atoms with Gasteiger partial charge in [-0.05, 0) is 32.2 Å². The first-order valence-electron chi connectivity index (χ1n) is 6.31. The molecule has 3 N–H and O–H groups in total. The van der Waals surface area contributed by atoms with Crippen LogP contribution in [0.3, 0.4) is 0 Å². The van der Waals surface area contributed by atoms with Crippen molar-refractivity contribution < 1.29 is 4.74 Å². The molecule has 0 amide bonds. The Balaban J connectivity index is 2.89. The molecule has 4 nitrogen and oxygen atoms in total. The third kappa shape index (κ3) is 4.44. The van der Waals surface area contributed by atoms with Gasteiger partial charge in [-0.25, -0.2) is 0 Å². The predicted molar refractivity (Wildman–Crippen MR) is 83.6 cm³/mol. The lowest BCUT2D eigenvalue weighted by atomic mass is 10.1. The van der Waals surface area contributed by atoms with Crippen molar-refractivity contribution >= 4 is 23.3 Å². The van der Waals surface area contributed by atoms with E-state index in [2.05, 4.69) is 4.90 Å². The van der Waals surface area contributed by atoms with E-state index in [1.54, 1.807) is 11.8 Å².